The molecule has 0 fully saturated rings. The number of allylic oxidation sites excluding steroid dienone is 2. The van der Waals surface area contributed by atoms with Crippen molar-refractivity contribution in [3.63, 3.8) is 0 Å². The molecule has 1 aliphatic carbocycles. The van der Waals surface area contributed by atoms with Crippen molar-refractivity contribution in [2.75, 3.05) is 5.32 Å². The molecule has 22 heavy (non-hydrogen) atoms. The molecule has 0 saturated carbocycles. The summed E-state index contributed by atoms with van der Waals surface area (Å²) < 4.78 is 0. The van der Waals surface area contributed by atoms with Gasteiger partial charge in [0.2, 0.25) is 5.78 Å². The van der Waals surface area contributed by atoms with E-state index >= 15 is 0 Å². The molecule has 2 aliphatic rings. The fraction of sp³-hybridized carbons (Fsp3) is 0.158. The van der Waals surface area contributed by atoms with Crippen molar-refractivity contribution in [3.8, 4) is 0 Å². The summed E-state index contributed by atoms with van der Waals surface area (Å²) in [4.78, 5) is 25.4. The maximum Gasteiger partial charge on any atom is 0.211 e. The molecule has 0 saturated heterocycles. The van der Waals surface area contributed by atoms with Crippen LogP contribution < -0.4 is 5.32 Å². The number of ketones is 2. The molecule has 1 heterocycles. The predicted octanol–water partition coefficient (Wildman–Crippen LogP) is 3.60. The van der Waals surface area contributed by atoms with Gasteiger partial charge in [0.15, 0.2) is 5.78 Å². The maximum absolute atomic E-state index is 12.7. The Morgan fingerprint density at radius 3 is 2.23 bits per heavy atom. The van der Waals surface area contributed by atoms with Gasteiger partial charge >= 0.3 is 0 Å². The van der Waals surface area contributed by atoms with E-state index in [0.717, 1.165) is 27.9 Å². The zero-order chi connectivity index (χ0) is 15.4. The van der Waals surface area contributed by atoms with E-state index in [1.165, 1.54) is 0 Å². The Morgan fingerprint density at radius 1 is 0.864 bits per heavy atom. The van der Waals surface area contributed by atoms with Gasteiger partial charge in [-0.2, -0.15) is 0 Å². The second-order valence-electron chi connectivity index (χ2n) is 5.92. The summed E-state index contributed by atoms with van der Waals surface area (Å²) in [5.41, 5.74) is 6.19. The number of hydrogen-bond acceptors (Lipinski definition) is 3. The normalized spacial score (nSPS) is 19.2. The monoisotopic (exact) mass is 289 g/mol. The lowest BCUT2D eigenvalue weighted by molar-refractivity contribution is 0.101. The van der Waals surface area contributed by atoms with Crippen LogP contribution in [0.4, 0.5) is 5.69 Å². The first kappa shape index (κ1) is 13.0. The summed E-state index contributed by atoms with van der Waals surface area (Å²) in [6, 6.07) is 11.6. The van der Waals surface area contributed by atoms with Crippen molar-refractivity contribution in [2.45, 2.75) is 20.3 Å². The van der Waals surface area contributed by atoms with Crippen LogP contribution >= 0.6 is 0 Å². The molecular formula is C19H15NO2. The highest BCUT2D eigenvalue weighted by Crippen LogP contribution is 2.37. The molecule has 108 valence electrons. The van der Waals surface area contributed by atoms with E-state index < -0.39 is 0 Å². The minimum atomic E-state index is -0.0677. The van der Waals surface area contributed by atoms with E-state index in [1.54, 1.807) is 0 Å². The van der Waals surface area contributed by atoms with Gasteiger partial charge in [-0.05, 0) is 36.6 Å². The Kier molecular flexibility index (Phi) is 2.61. The Hall–Kier alpha value is -2.68. The molecule has 0 amide bonds. The first-order chi connectivity index (χ1) is 10.6. The van der Waals surface area contributed by atoms with E-state index in [-0.39, 0.29) is 11.6 Å². The second kappa shape index (κ2) is 4.41. The minimum Gasteiger partial charge on any atom is -0.351 e. The zero-order valence-corrected chi connectivity index (χ0v) is 12.5. The lowest BCUT2D eigenvalue weighted by Gasteiger charge is -2.02. The molecule has 0 spiro atoms. The van der Waals surface area contributed by atoms with Crippen LogP contribution in [0, 0.1) is 13.8 Å². The quantitative estimate of drug-likeness (QED) is 0.754. The largest absolute Gasteiger partial charge is 0.351 e. The number of aryl methyl sites for hydroxylation is 2. The summed E-state index contributed by atoms with van der Waals surface area (Å²) in [7, 11) is 0. The summed E-state index contributed by atoms with van der Waals surface area (Å²) in [5.74, 6) is -0.0867. The van der Waals surface area contributed by atoms with Crippen LogP contribution in [0.5, 0.6) is 0 Å². The van der Waals surface area contributed by atoms with Crippen LogP contribution in [0.25, 0.3) is 0 Å². The number of carbonyl (C=O) groups excluding carboxylic acids is 2. The highest BCUT2D eigenvalue weighted by Gasteiger charge is 2.35. The van der Waals surface area contributed by atoms with E-state index in [2.05, 4.69) is 5.32 Å². The predicted molar refractivity (Wildman–Crippen MR) is 85.4 cm³/mol. The lowest BCUT2D eigenvalue weighted by Crippen LogP contribution is -2.10. The Balaban J connectivity index is 1.87. The fourth-order valence-corrected chi connectivity index (χ4v) is 3.43. The van der Waals surface area contributed by atoms with Crippen molar-refractivity contribution in [1.29, 1.82) is 0 Å². The van der Waals surface area contributed by atoms with Crippen molar-refractivity contribution < 1.29 is 9.59 Å². The van der Waals surface area contributed by atoms with Gasteiger partial charge < -0.3 is 5.32 Å². The fourth-order valence-electron chi connectivity index (χ4n) is 3.43. The third-order valence-corrected chi connectivity index (χ3v) is 4.52. The Labute approximate surface area is 128 Å². The standard InChI is InChI=1S/C19H15NO2/c1-10-5-3-7-12-9-13(18(21)15(10)12)17-19(22)16-11(2)6-4-8-14(16)20-17/h3-8,20H,9H2,1-2H3/b17-13-. The number of rotatable bonds is 0. The van der Waals surface area contributed by atoms with Crippen LogP contribution in [-0.2, 0) is 6.42 Å². The number of Topliss-reactive ketones (excluding diaryl/α,β-unsaturated/α-hetero) is 2. The molecule has 3 heteroatoms. The molecule has 1 N–H and O–H groups in total. The molecule has 4 rings (SSSR count). The van der Waals surface area contributed by atoms with Crippen LogP contribution in [0.1, 0.15) is 37.4 Å². The Morgan fingerprint density at radius 2 is 1.55 bits per heavy atom. The van der Waals surface area contributed by atoms with Gasteiger partial charge in [-0.1, -0.05) is 30.3 Å². The maximum atomic E-state index is 12.7. The molecule has 0 unspecified atom stereocenters. The topological polar surface area (TPSA) is 46.2 Å². The first-order valence-electron chi connectivity index (χ1n) is 7.35. The number of benzene rings is 2. The molecule has 0 atom stereocenters. The van der Waals surface area contributed by atoms with Crippen molar-refractivity contribution in [3.05, 3.63) is 75.5 Å². The van der Waals surface area contributed by atoms with E-state index in [0.29, 0.717) is 23.3 Å². The summed E-state index contributed by atoms with van der Waals surface area (Å²) in [6.45, 7) is 3.86. The van der Waals surface area contributed by atoms with Crippen molar-refractivity contribution >= 4 is 17.3 Å². The zero-order valence-electron chi connectivity index (χ0n) is 12.5. The van der Waals surface area contributed by atoms with Crippen LogP contribution in [0.2, 0.25) is 0 Å². The van der Waals surface area contributed by atoms with Gasteiger partial charge in [0, 0.05) is 17.6 Å². The molecule has 0 aromatic heterocycles. The van der Waals surface area contributed by atoms with Gasteiger partial charge in [-0.3, -0.25) is 9.59 Å². The molecule has 0 bridgehead atoms. The van der Waals surface area contributed by atoms with Crippen molar-refractivity contribution in [2.24, 2.45) is 0 Å². The van der Waals surface area contributed by atoms with Gasteiger partial charge in [-0.15, -0.1) is 0 Å². The summed E-state index contributed by atoms with van der Waals surface area (Å²) in [6.07, 6.45) is 0.525. The van der Waals surface area contributed by atoms with E-state index in [4.69, 9.17) is 0 Å². The molecule has 0 radical (unpaired) electrons. The molecular weight excluding hydrogens is 274 g/mol. The lowest BCUT2D eigenvalue weighted by atomic mass is 10.0. The highest BCUT2D eigenvalue weighted by atomic mass is 16.1. The number of carbonyl (C=O) groups is 2. The van der Waals surface area contributed by atoms with Gasteiger partial charge in [0.05, 0.1) is 16.9 Å². The first-order valence-corrected chi connectivity index (χ1v) is 7.35. The molecule has 2 aromatic carbocycles. The van der Waals surface area contributed by atoms with Gasteiger partial charge in [-0.25, -0.2) is 0 Å². The average molecular weight is 289 g/mol. The Bertz CT molecular complexity index is 817. The third-order valence-electron chi connectivity index (χ3n) is 4.52. The van der Waals surface area contributed by atoms with Gasteiger partial charge in [0.25, 0.3) is 0 Å². The average Bonchev–Trinajstić information content (AvgIpc) is 2.99. The second-order valence-corrected chi connectivity index (χ2v) is 5.92. The van der Waals surface area contributed by atoms with E-state index in [1.807, 2.05) is 50.2 Å². The summed E-state index contributed by atoms with van der Waals surface area (Å²) in [5, 5.41) is 3.16. The van der Waals surface area contributed by atoms with Crippen LogP contribution in [0.15, 0.2) is 47.7 Å². The number of anilines is 1. The molecule has 1 aliphatic heterocycles. The number of fused-ring (bicyclic) bond motifs is 2. The summed E-state index contributed by atoms with van der Waals surface area (Å²) >= 11 is 0. The highest BCUT2D eigenvalue weighted by molar-refractivity contribution is 6.25. The van der Waals surface area contributed by atoms with Crippen LogP contribution in [0.3, 0.4) is 0 Å². The van der Waals surface area contributed by atoms with Crippen LogP contribution in [-0.4, -0.2) is 11.6 Å². The van der Waals surface area contributed by atoms with Gasteiger partial charge in [0.1, 0.15) is 0 Å². The smallest absolute Gasteiger partial charge is 0.211 e. The molecule has 3 nitrogen and oxygen atoms in total. The van der Waals surface area contributed by atoms with E-state index in [9.17, 15) is 9.59 Å². The SMILES string of the molecule is Cc1cccc2c1C(=O)/C(=C1\Nc3cccc(C)c3C1=O)C2. The minimum absolute atomic E-state index is 0.0191. The molecule has 2 aromatic rings. The third kappa shape index (κ3) is 1.62. The number of nitrogens with one attached hydrogen (secondary N) is 1. The number of hydrogen-bond donors (Lipinski definition) is 1. The van der Waals surface area contributed by atoms with Crippen molar-refractivity contribution in [1.82, 2.24) is 0 Å².